The molecule has 5 atom stereocenters. The van der Waals surface area contributed by atoms with E-state index in [1.807, 2.05) is 0 Å². The van der Waals surface area contributed by atoms with Gasteiger partial charge >= 0.3 is 17.9 Å². The maximum atomic E-state index is 12.1. The average molecular weight is 511 g/mol. The van der Waals surface area contributed by atoms with Crippen molar-refractivity contribution < 1.29 is 57.1 Å². The Morgan fingerprint density at radius 3 is 1.92 bits per heavy atom. The van der Waals surface area contributed by atoms with E-state index in [1.165, 1.54) is 40.2 Å². The number of ether oxygens (including phenoxy) is 7. The van der Waals surface area contributed by atoms with E-state index < -0.39 is 61.1 Å². The molecule has 1 aliphatic heterocycles. The molecule has 13 heteroatoms. The van der Waals surface area contributed by atoms with Gasteiger partial charge in [-0.15, -0.1) is 0 Å². The fourth-order valence-electron chi connectivity index (χ4n) is 3.59. The maximum absolute atomic E-state index is 12.1. The third-order valence-corrected chi connectivity index (χ3v) is 4.92. The number of aldehydes is 1. The molecular formula is C23H29NO12. The van der Waals surface area contributed by atoms with E-state index in [0.717, 1.165) is 13.8 Å². The van der Waals surface area contributed by atoms with Crippen LogP contribution in [0, 0.1) is 0 Å². The van der Waals surface area contributed by atoms with E-state index in [-0.39, 0.29) is 22.8 Å². The second-order valence-corrected chi connectivity index (χ2v) is 7.71. The lowest BCUT2D eigenvalue weighted by Crippen LogP contribution is -2.67. The highest BCUT2D eigenvalue weighted by Gasteiger charge is 2.52. The number of hydrogen-bond donors (Lipinski definition) is 1. The smallest absolute Gasteiger partial charge is 0.303 e. The first kappa shape index (κ1) is 28.4. The average Bonchev–Trinajstić information content (AvgIpc) is 2.80. The Hall–Kier alpha value is -3.87. The van der Waals surface area contributed by atoms with Crippen LogP contribution in [-0.2, 0) is 38.1 Å². The van der Waals surface area contributed by atoms with Gasteiger partial charge in [0.1, 0.15) is 25.0 Å². The predicted molar refractivity (Wildman–Crippen MR) is 120 cm³/mol. The third kappa shape index (κ3) is 7.31. The molecule has 13 nitrogen and oxygen atoms in total. The normalized spacial score (nSPS) is 23.0. The van der Waals surface area contributed by atoms with Crippen LogP contribution in [0.15, 0.2) is 12.1 Å². The molecule has 1 aliphatic rings. The largest absolute Gasteiger partial charge is 0.493 e. The summed E-state index contributed by atoms with van der Waals surface area (Å²) in [6, 6.07) is 1.58. The number of carbonyl (C=O) groups excluding carboxylic acids is 5. The number of hydrogen-bond acceptors (Lipinski definition) is 12. The highest BCUT2D eigenvalue weighted by molar-refractivity contribution is 5.78. The summed E-state index contributed by atoms with van der Waals surface area (Å²) in [6.07, 6.45) is -4.55. The van der Waals surface area contributed by atoms with E-state index >= 15 is 0 Å². The Morgan fingerprint density at radius 1 is 0.917 bits per heavy atom. The van der Waals surface area contributed by atoms with Crippen LogP contribution >= 0.6 is 0 Å². The third-order valence-electron chi connectivity index (χ3n) is 4.92. The minimum Gasteiger partial charge on any atom is -0.493 e. The summed E-state index contributed by atoms with van der Waals surface area (Å²) in [6.45, 7) is 4.26. The van der Waals surface area contributed by atoms with Crippen LogP contribution < -0.4 is 19.5 Å². The zero-order valence-electron chi connectivity index (χ0n) is 20.7. The zero-order valence-corrected chi connectivity index (χ0v) is 20.7. The highest BCUT2D eigenvalue weighted by Crippen LogP contribution is 2.40. The van der Waals surface area contributed by atoms with Crippen molar-refractivity contribution in [3.63, 3.8) is 0 Å². The van der Waals surface area contributed by atoms with Crippen molar-refractivity contribution in [3.05, 3.63) is 17.7 Å². The molecule has 36 heavy (non-hydrogen) atoms. The molecule has 1 aromatic rings. The van der Waals surface area contributed by atoms with Gasteiger partial charge in [-0.3, -0.25) is 24.0 Å². The van der Waals surface area contributed by atoms with Crippen LogP contribution in [0.4, 0.5) is 0 Å². The second kappa shape index (κ2) is 12.7. The van der Waals surface area contributed by atoms with Gasteiger partial charge in [-0.2, -0.15) is 0 Å². The van der Waals surface area contributed by atoms with E-state index in [1.54, 1.807) is 0 Å². The molecule has 0 saturated carbocycles. The number of nitrogens with one attached hydrogen (secondary N) is 1. The van der Waals surface area contributed by atoms with Crippen molar-refractivity contribution in [1.29, 1.82) is 0 Å². The van der Waals surface area contributed by atoms with Gasteiger partial charge in [-0.25, -0.2) is 0 Å². The minimum absolute atomic E-state index is 0.00435. The fourth-order valence-corrected chi connectivity index (χ4v) is 3.59. The molecule has 0 spiro atoms. The Balaban J connectivity index is 2.60. The van der Waals surface area contributed by atoms with Crippen LogP contribution in [0.25, 0.3) is 0 Å². The molecule has 1 fully saturated rings. The lowest BCUT2D eigenvalue weighted by molar-refractivity contribution is -0.257. The van der Waals surface area contributed by atoms with E-state index in [2.05, 4.69) is 5.32 Å². The van der Waals surface area contributed by atoms with E-state index in [9.17, 15) is 24.0 Å². The standard InChI is InChI=1S/C23H29NO12/c1-11(26)24-19-22(34-14(4)29)21(33-13(3)28)18(10-32-12(2)27)35-23(19)36-20-16(30-5)7-15(9-25)8-17(20)31-6/h7-9,18-19,21-23H,10H2,1-6H3,(H,24,26)/t18-,19+,21-,22-,23-/m1/s1. The molecule has 1 N–H and O–H groups in total. The van der Waals surface area contributed by atoms with Crippen molar-refractivity contribution in [1.82, 2.24) is 5.32 Å². The predicted octanol–water partition coefficient (Wildman–Crippen LogP) is 0.551. The van der Waals surface area contributed by atoms with Crippen molar-refractivity contribution >= 4 is 30.1 Å². The van der Waals surface area contributed by atoms with E-state index in [4.69, 9.17) is 33.2 Å². The van der Waals surface area contributed by atoms with Crippen LogP contribution in [0.2, 0.25) is 0 Å². The van der Waals surface area contributed by atoms with Gasteiger partial charge in [0.15, 0.2) is 23.7 Å². The lowest BCUT2D eigenvalue weighted by atomic mass is 9.96. The molecule has 1 aromatic carbocycles. The summed E-state index contributed by atoms with van der Waals surface area (Å²) in [5.41, 5.74) is 0.236. The van der Waals surface area contributed by atoms with Crippen molar-refractivity contribution in [2.75, 3.05) is 20.8 Å². The monoisotopic (exact) mass is 511 g/mol. The quantitative estimate of drug-likeness (QED) is 0.264. The number of methoxy groups -OCH3 is 2. The van der Waals surface area contributed by atoms with Gasteiger partial charge < -0.3 is 38.5 Å². The summed E-state index contributed by atoms with van der Waals surface area (Å²) in [7, 11) is 2.68. The summed E-state index contributed by atoms with van der Waals surface area (Å²) in [4.78, 5) is 58.7. The first-order valence-corrected chi connectivity index (χ1v) is 10.8. The van der Waals surface area contributed by atoms with Crippen molar-refractivity contribution in [2.45, 2.75) is 58.3 Å². The Kier molecular flexibility index (Phi) is 10.0. The summed E-state index contributed by atoms with van der Waals surface area (Å²) in [5, 5.41) is 2.59. The van der Waals surface area contributed by atoms with Gasteiger partial charge in [0.05, 0.1) is 14.2 Å². The molecule has 0 unspecified atom stereocenters. The van der Waals surface area contributed by atoms with Gasteiger partial charge in [-0.1, -0.05) is 0 Å². The van der Waals surface area contributed by atoms with Crippen LogP contribution in [0.1, 0.15) is 38.1 Å². The van der Waals surface area contributed by atoms with Gasteiger partial charge in [0.25, 0.3) is 0 Å². The number of benzene rings is 1. The summed E-state index contributed by atoms with van der Waals surface area (Å²) >= 11 is 0. The second-order valence-electron chi connectivity index (χ2n) is 7.71. The lowest BCUT2D eigenvalue weighted by Gasteiger charge is -2.44. The molecule has 0 bridgehead atoms. The molecular weight excluding hydrogens is 482 g/mol. The summed E-state index contributed by atoms with van der Waals surface area (Å²) in [5.74, 6) is -2.45. The number of carbonyl (C=O) groups is 5. The topological polar surface area (TPSA) is 162 Å². The Labute approximate surface area is 207 Å². The molecule has 0 aliphatic carbocycles. The van der Waals surface area contributed by atoms with Crippen LogP contribution in [-0.4, -0.2) is 81.6 Å². The minimum atomic E-state index is -1.39. The molecule has 198 valence electrons. The van der Waals surface area contributed by atoms with Crippen LogP contribution in [0.3, 0.4) is 0 Å². The first-order chi connectivity index (χ1) is 17.0. The molecule has 2 rings (SSSR count). The number of esters is 3. The molecule has 1 heterocycles. The van der Waals surface area contributed by atoms with Gasteiger partial charge in [0.2, 0.25) is 17.9 Å². The highest BCUT2D eigenvalue weighted by atomic mass is 16.7. The summed E-state index contributed by atoms with van der Waals surface area (Å²) < 4.78 is 38.5. The molecule has 0 radical (unpaired) electrons. The van der Waals surface area contributed by atoms with Crippen molar-refractivity contribution in [3.8, 4) is 17.2 Å². The number of amides is 1. The molecule has 1 amide bonds. The fraction of sp³-hybridized carbons (Fsp3) is 0.522. The van der Waals surface area contributed by atoms with Crippen LogP contribution in [0.5, 0.6) is 17.2 Å². The SMILES string of the molecule is COc1cc(C=O)cc(OC)c1O[C@H]1O[C@H](COC(C)=O)[C@@H](OC(C)=O)[C@H](OC(C)=O)[C@@H]1NC(C)=O. The van der Waals surface area contributed by atoms with Gasteiger partial charge in [-0.05, 0) is 12.1 Å². The van der Waals surface area contributed by atoms with Crippen molar-refractivity contribution in [2.24, 2.45) is 0 Å². The Bertz CT molecular complexity index is 968. The Morgan fingerprint density at radius 2 is 1.47 bits per heavy atom. The number of rotatable bonds is 10. The molecule has 1 saturated heterocycles. The maximum Gasteiger partial charge on any atom is 0.303 e. The first-order valence-electron chi connectivity index (χ1n) is 10.8. The van der Waals surface area contributed by atoms with Gasteiger partial charge in [0, 0.05) is 33.3 Å². The van der Waals surface area contributed by atoms with E-state index in [0.29, 0.717) is 6.29 Å². The zero-order chi connectivity index (χ0) is 27.0. The molecule has 0 aromatic heterocycles.